The van der Waals surface area contributed by atoms with Crippen LogP contribution in [0.5, 0.6) is 0 Å². The number of aliphatic imine (C=N–C) groups is 1. The highest BCUT2D eigenvalue weighted by molar-refractivity contribution is 5.79. The SMILES string of the molecule is CCNC(=NCC(C)(O)c1ccccc1)NCC(Cc1ccccc1)N(C)C. The Morgan fingerprint density at radius 2 is 1.64 bits per heavy atom. The molecule has 0 amide bonds. The largest absolute Gasteiger partial charge is 0.384 e. The van der Waals surface area contributed by atoms with E-state index in [9.17, 15) is 5.11 Å². The van der Waals surface area contributed by atoms with Gasteiger partial charge in [0, 0.05) is 19.1 Å². The Labute approximate surface area is 169 Å². The lowest BCUT2D eigenvalue weighted by molar-refractivity contribution is 0.0672. The molecule has 0 spiro atoms. The fourth-order valence-electron chi connectivity index (χ4n) is 3.00. The zero-order chi connectivity index (χ0) is 20.4. The second-order valence-corrected chi connectivity index (χ2v) is 7.52. The number of likely N-dealkylation sites (N-methyl/N-ethyl adjacent to an activating group) is 1. The lowest BCUT2D eigenvalue weighted by atomic mass is 9.96. The Morgan fingerprint density at radius 1 is 1.04 bits per heavy atom. The van der Waals surface area contributed by atoms with Gasteiger partial charge in [-0.15, -0.1) is 0 Å². The van der Waals surface area contributed by atoms with Crippen molar-refractivity contribution in [3.05, 3.63) is 71.8 Å². The number of guanidine groups is 1. The Bertz CT molecular complexity index is 714. The molecule has 0 aliphatic carbocycles. The second-order valence-electron chi connectivity index (χ2n) is 7.52. The van der Waals surface area contributed by atoms with Crippen molar-refractivity contribution >= 4 is 5.96 Å². The van der Waals surface area contributed by atoms with E-state index in [0.717, 1.165) is 31.0 Å². The molecule has 2 rings (SSSR count). The highest BCUT2D eigenvalue weighted by Crippen LogP contribution is 2.20. The van der Waals surface area contributed by atoms with Crippen molar-refractivity contribution in [2.75, 3.05) is 33.7 Å². The number of rotatable bonds is 9. The highest BCUT2D eigenvalue weighted by Gasteiger charge is 2.22. The molecule has 0 saturated heterocycles. The number of benzene rings is 2. The monoisotopic (exact) mass is 382 g/mol. The summed E-state index contributed by atoms with van der Waals surface area (Å²) in [6, 6.07) is 20.5. The summed E-state index contributed by atoms with van der Waals surface area (Å²) in [5.74, 6) is 0.721. The molecule has 28 heavy (non-hydrogen) atoms. The predicted octanol–water partition coefficient (Wildman–Crippen LogP) is 2.62. The molecule has 5 heteroatoms. The second kappa shape index (κ2) is 10.8. The minimum atomic E-state index is -1.01. The first-order valence-electron chi connectivity index (χ1n) is 9.93. The summed E-state index contributed by atoms with van der Waals surface area (Å²) in [5.41, 5.74) is 1.18. The van der Waals surface area contributed by atoms with E-state index < -0.39 is 5.60 Å². The van der Waals surface area contributed by atoms with E-state index in [1.807, 2.05) is 43.3 Å². The lowest BCUT2D eigenvalue weighted by Crippen LogP contribution is -2.46. The van der Waals surface area contributed by atoms with Crippen LogP contribution in [0.2, 0.25) is 0 Å². The third-order valence-electron chi connectivity index (χ3n) is 4.83. The van der Waals surface area contributed by atoms with Gasteiger partial charge in [0.15, 0.2) is 5.96 Å². The van der Waals surface area contributed by atoms with Crippen LogP contribution in [0.1, 0.15) is 25.0 Å². The van der Waals surface area contributed by atoms with E-state index in [4.69, 9.17) is 0 Å². The molecule has 0 aromatic heterocycles. The van der Waals surface area contributed by atoms with Gasteiger partial charge in [0.05, 0.1) is 6.54 Å². The standard InChI is InChI=1S/C23H34N4O/c1-5-24-22(26-18-23(2,28)20-14-10-7-11-15-20)25-17-21(27(3)4)16-19-12-8-6-9-13-19/h6-15,21,28H,5,16-18H2,1-4H3,(H2,24,25,26). The van der Waals surface area contributed by atoms with E-state index >= 15 is 0 Å². The van der Waals surface area contributed by atoms with Crippen molar-refractivity contribution in [2.24, 2.45) is 4.99 Å². The Balaban J connectivity index is 2.01. The fraction of sp³-hybridized carbons (Fsp3) is 0.435. The molecule has 2 unspecified atom stereocenters. The minimum Gasteiger partial charge on any atom is -0.384 e. The van der Waals surface area contributed by atoms with Crippen molar-refractivity contribution < 1.29 is 5.11 Å². The first-order chi connectivity index (χ1) is 13.4. The van der Waals surface area contributed by atoms with Crippen molar-refractivity contribution in [2.45, 2.75) is 31.9 Å². The van der Waals surface area contributed by atoms with Crippen LogP contribution in [0.3, 0.4) is 0 Å². The van der Waals surface area contributed by atoms with Crippen LogP contribution in [0.15, 0.2) is 65.7 Å². The summed E-state index contributed by atoms with van der Waals surface area (Å²) in [4.78, 5) is 6.85. The van der Waals surface area contributed by atoms with Crippen LogP contribution in [0.4, 0.5) is 0 Å². The van der Waals surface area contributed by atoms with Gasteiger partial charge in [-0.2, -0.15) is 0 Å². The van der Waals surface area contributed by atoms with Gasteiger partial charge in [0.1, 0.15) is 5.60 Å². The summed E-state index contributed by atoms with van der Waals surface area (Å²) in [5, 5.41) is 17.5. The minimum absolute atomic E-state index is 0.289. The van der Waals surface area contributed by atoms with E-state index in [0.29, 0.717) is 6.04 Å². The van der Waals surface area contributed by atoms with Crippen LogP contribution in [-0.2, 0) is 12.0 Å². The molecular formula is C23H34N4O. The Hall–Kier alpha value is -2.37. The van der Waals surface area contributed by atoms with Crippen molar-refractivity contribution in [3.8, 4) is 0 Å². The smallest absolute Gasteiger partial charge is 0.191 e. The highest BCUT2D eigenvalue weighted by atomic mass is 16.3. The van der Waals surface area contributed by atoms with Crippen LogP contribution in [-0.4, -0.2) is 55.7 Å². The third kappa shape index (κ3) is 6.98. The Kier molecular flexibility index (Phi) is 8.48. The van der Waals surface area contributed by atoms with E-state index in [1.165, 1.54) is 5.56 Å². The molecule has 2 aromatic carbocycles. The van der Waals surface area contributed by atoms with Gasteiger partial charge in [0.2, 0.25) is 0 Å². The normalized spacial score (nSPS) is 15.1. The summed E-state index contributed by atoms with van der Waals surface area (Å²) >= 11 is 0. The molecule has 5 nitrogen and oxygen atoms in total. The Morgan fingerprint density at radius 3 is 2.21 bits per heavy atom. The topological polar surface area (TPSA) is 59.9 Å². The van der Waals surface area contributed by atoms with Gasteiger partial charge in [-0.25, -0.2) is 4.99 Å². The van der Waals surface area contributed by atoms with Crippen LogP contribution >= 0.6 is 0 Å². The van der Waals surface area contributed by atoms with Crippen molar-refractivity contribution in [1.29, 1.82) is 0 Å². The van der Waals surface area contributed by atoms with Crippen LogP contribution in [0, 0.1) is 0 Å². The molecule has 0 radical (unpaired) electrons. The molecule has 0 aliphatic heterocycles. The van der Waals surface area contributed by atoms with Crippen molar-refractivity contribution in [1.82, 2.24) is 15.5 Å². The summed E-state index contributed by atoms with van der Waals surface area (Å²) in [6.07, 6.45) is 0.960. The number of nitrogens with one attached hydrogen (secondary N) is 2. The maximum atomic E-state index is 10.8. The van der Waals surface area contributed by atoms with Gasteiger partial charge in [0.25, 0.3) is 0 Å². The van der Waals surface area contributed by atoms with Crippen molar-refractivity contribution in [3.63, 3.8) is 0 Å². The average molecular weight is 383 g/mol. The molecule has 3 N–H and O–H groups in total. The maximum absolute atomic E-state index is 10.8. The van der Waals surface area contributed by atoms with E-state index in [2.05, 4.69) is 58.9 Å². The number of nitrogens with zero attached hydrogens (tertiary/aromatic N) is 2. The number of aliphatic hydroxyl groups is 1. The fourth-order valence-corrected chi connectivity index (χ4v) is 3.00. The quantitative estimate of drug-likeness (QED) is 0.461. The molecule has 0 saturated carbocycles. The average Bonchev–Trinajstić information content (AvgIpc) is 2.70. The number of hydrogen-bond acceptors (Lipinski definition) is 3. The summed E-state index contributed by atoms with van der Waals surface area (Å²) < 4.78 is 0. The van der Waals surface area contributed by atoms with Crippen LogP contribution < -0.4 is 10.6 Å². The van der Waals surface area contributed by atoms with Gasteiger partial charge in [-0.05, 0) is 45.5 Å². The van der Waals surface area contributed by atoms with Gasteiger partial charge in [-0.1, -0.05) is 60.7 Å². The molecule has 0 aliphatic rings. The first-order valence-corrected chi connectivity index (χ1v) is 9.93. The zero-order valence-corrected chi connectivity index (χ0v) is 17.5. The summed E-state index contributed by atoms with van der Waals surface area (Å²) in [7, 11) is 4.19. The molecule has 2 atom stereocenters. The van der Waals surface area contributed by atoms with Gasteiger partial charge >= 0.3 is 0 Å². The molecule has 0 fully saturated rings. The van der Waals surface area contributed by atoms with Gasteiger partial charge < -0.3 is 20.6 Å². The summed E-state index contributed by atoms with van der Waals surface area (Å²) in [6.45, 7) is 5.66. The van der Waals surface area contributed by atoms with Crippen LogP contribution in [0.25, 0.3) is 0 Å². The van der Waals surface area contributed by atoms with Gasteiger partial charge in [-0.3, -0.25) is 0 Å². The lowest BCUT2D eigenvalue weighted by Gasteiger charge is -2.26. The number of hydrogen-bond donors (Lipinski definition) is 3. The first kappa shape index (κ1) is 21.9. The predicted molar refractivity (Wildman–Crippen MR) is 118 cm³/mol. The molecule has 152 valence electrons. The van der Waals surface area contributed by atoms with E-state index in [1.54, 1.807) is 6.92 Å². The van der Waals surface area contributed by atoms with E-state index in [-0.39, 0.29) is 6.54 Å². The molecule has 2 aromatic rings. The molecule has 0 bridgehead atoms. The third-order valence-corrected chi connectivity index (χ3v) is 4.83. The molecular weight excluding hydrogens is 348 g/mol. The molecule has 0 heterocycles. The maximum Gasteiger partial charge on any atom is 0.191 e. The zero-order valence-electron chi connectivity index (χ0n) is 17.5.